The van der Waals surface area contributed by atoms with Gasteiger partial charge < -0.3 is 4.42 Å². The average Bonchev–Trinajstić information content (AvgIpc) is 3.19. The Bertz CT molecular complexity index is 788. The molecule has 0 spiro atoms. The van der Waals surface area contributed by atoms with Crippen molar-refractivity contribution in [3.63, 3.8) is 0 Å². The van der Waals surface area contributed by atoms with Crippen molar-refractivity contribution in [1.29, 1.82) is 0 Å². The zero-order valence-corrected chi connectivity index (χ0v) is 14.8. The van der Waals surface area contributed by atoms with Gasteiger partial charge >= 0.3 is 0 Å². The van der Waals surface area contributed by atoms with Gasteiger partial charge in [-0.15, -0.1) is 0 Å². The van der Waals surface area contributed by atoms with Gasteiger partial charge in [-0.25, -0.2) is 0 Å². The number of ketones is 1. The molecule has 1 aliphatic heterocycles. The van der Waals surface area contributed by atoms with Gasteiger partial charge in [-0.05, 0) is 23.3 Å². The summed E-state index contributed by atoms with van der Waals surface area (Å²) in [5.74, 6) is 1.36. The Morgan fingerprint density at radius 2 is 1.58 bits per heavy atom. The third-order valence-corrected chi connectivity index (χ3v) is 5.22. The van der Waals surface area contributed by atoms with Crippen molar-refractivity contribution in [1.82, 2.24) is 4.90 Å². The first-order valence-corrected chi connectivity index (χ1v) is 9.18. The van der Waals surface area contributed by atoms with Gasteiger partial charge in [0.15, 0.2) is 0 Å². The molecule has 3 nitrogen and oxygen atoms in total. The Morgan fingerprint density at radius 1 is 0.923 bits per heavy atom. The van der Waals surface area contributed by atoms with Gasteiger partial charge in [0, 0.05) is 31.3 Å². The molecule has 0 bridgehead atoms. The summed E-state index contributed by atoms with van der Waals surface area (Å²) in [5, 5.41) is 0. The minimum Gasteiger partial charge on any atom is -0.468 e. The van der Waals surface area contributed by atoms with Crippen molar-refractivity contribution >= 4 is 5.78 Å². The van der Waals surface area contributed by atoms with Crippen LogP contribution in [0.5, 0.6) is 0 Å². The van der Waals surface area contributed by atoms with Crippen LogP contribution in [0.3, 0.4) is 0 Å². The number of hydrogen-bond donors (Lipinski definition) is 0. The van der Waals surface area contributed by atoms with Gasteiger partial charge in [0.2, 0.25) is 0 Å². The molecule has 132 valence electrons. The lowest BCUT2D eigenvalue weighted by Gasteiger charge is -2.36. The standard InChI is InChI=1S/C23H23NO2/c25-22-13-14-24(16-20-12-7-15-26-20)17-21(22)23(18-8-3-1-4-9-18)19-10-5-2-6-11-19/h1-12,15,21,23H,13-14,16-17H2. The molecule has 0 N–H and O–H groups in total. The van der Waals surface area contributed by atoms with Crippen molar-refractivity contribution < 1.29 is 9.21 Å². The van der Waals surface area contributed by atoms with E-state index in [9.17, 15) is 4.79 Å². The lowest BCUT2D eigenvalue weighted by atomic mass is 9.76. The highest BCUT2D eigenvalue weighted by atomic mass is 16.3. The van der Waals surface area contributed by atoms with Gasteiger partial charge in [-0.1, -0.05) is 60.7 Å². The second-order valence-electron chi connectivity index (χ2n) is 6.94. The van der Waals surface area contributed by atoms with Crippen molar-refractivity contribution in [2.45, 2.75) is 18.9 Å². The van der Waals surface area contributed by atoms with Crippen molar-refractivity contribution in [2.24, 2.45) is 5.92 Å². The highest BCUT2D eigenvalue weighted by molar-refractivity contribution is 5.83. The number of rotatable bonds is 5. The molecule has 1 aromatic heterocycles. The van der Waals surface area contributed by atoms with Crippen LogP contribution in [0.15, 0.2) is 83.5 Å². The van der Waals surface area contributed by atoms with Crippen molar-refractivity contribution in [3.8, 4) is 0 Å². The number of carbonyl (C=O) groups excluding carboxylic acids is 1. The molecule has 26 heavy (non-hydrogen) atoms. The molecule has 1 fully saturated rings. The molecule has 4 rings (SSSR count). The molecule has 1 saturated heterocycles. The molecule has 3 aromatic rings. The molecular weight excluding hydrogens is 322 g/mol. The Balaban J connectivity index is 1.64. The first-order valence-electron chi connectivity index (χ1n) is 9.18. The van der Waals surface area contributed by atoms with Gasteiger partial charge in [-0.2, -0.15) is 0 Å². The van der Waals surface area contributed by atoms with E-state index in [1.165, 1.54) is 11.1 Å². The maximum atomic E-state index is 12.9. The van der Waals surface area contributed by atoms with Crippen LogP contribution in [-0.4, -0.2) is 23.8 Å². The third kappa shape index (κ3) is 3.63. The minimum absolute atomic E-state index is 0.0384. The highest BCUT2D eigenvalue weighted by Crippen LogP contribution is 2.35. The van der Waals surface area contributed by atoms with E-state index in [0.29, 0.717) is 12.2 Å². The van der Waals surface area contributed by atoms with Crippen LogP contribution in [0.25, 0.3) is 0 Å². The zero-order chi connectivity index (χ0) is 17.8. The van der Waals surface area contributed by atoms with E-state index >= 15 is 0 Å². The quantitative estimate of drug-likeness (QED) is 0.682. The Labute approximate surface area is 154 Å². The average molecular weight is 345 g/mol. The molecule has 0 aliphatic carbocycles. The largest absolute Gasteiger partial charge is 0.468 e. The van der Waals surface area contributed by atoms with Crippen LogP contribution >= 0.6 is 0 Å². The van der Waals surface area contributed by atoms with Gasteiger partial charge in [0.05, 0.1) is 12.8 Å². The normalized spacial score (nSPS) is 18.3. The van der Waals surface area contributed by atoms with Crippen molar-refractivity contribution in [3.05, 3.63) is 95.9 Å². The topological polar surface area (TPSA) is 33.5 Å². The Hall–Kier alpha value is -2.65. The Kier molecular flexibility index (Phi) is 4.98. The first-order chi connectivity index (χ1) is 12.8. The summed E-state index contributed by atoms with van der Waals surface area (Å²) in [5.41, 5.74) is 2.41. The molecule has 3 heteroatoms. The predicted molar refractivity (Wildman–Crippen MR) is 102 cm³/mol. The molecule has 0 saturated carbocycles. The Morgan fingerprint density at radius 3 is 2.15 bits per heavy atom. The smallest absolute Gasteiger partial charge is 0.139 e. The summed E-state index contributed by atoms with van der Waals surface area (Å²) < 4.78 is 5.50. The van der Waals surface area contributed by atoms with Crippen molar-refractivity contribution in [2.75, 3.05) is 13.1 Å². The second-order valence-corrected chi connectivity index (χ2v) is 6.94. The maximum Gasteiger partial charge on any atom is 0.139 e. The number of piperidine rings is 1. The molecule has 2 heterocycles. The monoisotopic (exact) mass is 345 g/mol. The lowest BCUT2D eigenvalue weighted by molar-refractivity contribution is -0.127. The van der Waals surface area contributed by atoms with E-state index in [2.05, 4.69) is 53.4 Å². The molecule has 1 atom stereocenters. The fraction of sp³-hybridized carbons (Fsp3) is 0.261. The summed E-state index contributed by atoms with van der Waals surface area (Å²) in [7, 11) is 0. The number of hydrogen-bond acceptors (Lipinski definition) is 3. The summed E-state index contributed by atoms with van der Waals surface area (Å²) in [6, 6.07) is 24.7. The lowest BCUT2D eigenvalue weighted by Crippen LogP contribution is -2.43. The summed E-state index contributed by atoms with van der Waals surface area (Å²) in [4.78, 5) is 15.2. The van der Waals surface area contributed by atoms with E-state index in [1.807, 2.05) is 24.3 Å². The number of carbonyl (C=O) groups is 1. The maximum absolute atomic E-state index is 12.9. The molecule has 1 unspecified atom stereocenters. The van der Waals surface area contributed by atoms with Crippen LogP contribution in [0.4, 0.5) is 0 Å². The van der Waals surface area contributed by atoms with E-state index in [0.717, 1.165) is 25.4 Å². The molecule has 0 amide bonds. The van der Waals surface area contributed by atoms with Crippen LogP contribution < -0.4 is 0 Å². The molecule has 1 aliphatic rings. The summed E-state index contributed by atoms with van der Waals surface area (Å²) >= 11 is 0. The van der Waals surface area contributed by atoms with Gasteiger partial charge in [0.1, 0.15) is 11.5 Å². The fourth-order valence-electron chi connectivity index (χ4n) is 3.96. The van der Waals surface area contributed by atoms with E-state index in [4.69, 9.17) is 4.42 Å². The van der Waals surface area contributed by atoms with Crippen LogP contribution in [0, 0.1) is 5.92 Å². The SMILES string of the molecule is O=C1CCN(Cc2ccco2)CC1C(c1ccccc1)c1ccccc1. The predicted octanol–water partition coefficient (Wildman–Crippen LogP) is 4.50. The number of furan rings is 1. The third-order valence-electron chi connectivity index (χ3n) is 5.22. The molecule has 2 aromatic carbocycles. The van der Waals surface area contributed by atoms with Gasteiger partial charge in [0.25, 0.3) is 0 Å². The van der Waals surface area contributed by atoms with E-state index in [-0.39, 0.29) is 11.8 Å². The highest BCUT2D eigenvalue weighted by Gasteiger charge is 2.35. The summed E-state index contributed by atoms with van der Waals surface area (Å²) in [6.45, 7) is 2.31. The van der Waals surface area contributed by atoms with Crippen LogP contribution in [0.2, 0.25) is 0 Å². The number of nitrogens with zero attached hydrogens (tertiary/aromatic N) is 1. The number of benzene rings is 2. The zero-order valence-electron chi connectivity index (χ0n) is 14.8. The van der Waals surface area contributed by atoms with Gasteiger partial charge in [-0.3, -0.25) is 9.69 Å². The van der Waals surface area contributed by atoms with Crippen LogP contribution in [-0.2, 0) is 11.3 Å². The first kappa shape index (κ1) is 16.8. The summed E-state index contributed by atoms with van der Waals surface area (Å²) in [6.07, 6.45) is 2.31. The fourth-order valence-corrected chi connectivity index (χ4v) is 3.96. The minimum atomic E-state index is -0.0384. The van der Waals surface area contributed by atoms with E-state index < -0.39 is 0 Å². The number of likely N-dealkylation sites (tertiary alicyclic amines) is 1. The number of Topliss-reactive ketones (excluding diaryl/α,β-unsaturated/α-hetero) is 1. The molecular formula is C23H23NO2. The molecule has 0 radical (unpaired) electrons. The van der Waals surface area contributed by atoms with E-state index in [1.54, 1.807) is 6.26 Å². The van der Waals surface area contributed by atoms with Crippen LogP contribution in [0.1, 0.15) is 29.2 Å². The second kappa shape index (κ2) is 7.71.